The van der Waals surface area contributed by atoms with Crippen molar-refractivity contribution in [3.05, 3.63) is 29.8 Å². The molecule has 0 amide bonds. The van der Waals surface area contributed by atoms with Gasteiger partial charge in [-0.1, -0.05) is 5.16 Å². The number of hydrogen-bond donors (Lipinski definition) is 0. The average molecular weight is 299 g/mol. The smallest absolute Gasteiger partial charge is 0.254 e. The Bertz CT molecular complexity index is 808. The minimum absolute atomic E-state index is 0.276. The zero-order valence-electron chi connectivity index (χ0n) is 12.6. The molecule has 1 aliphatic rings. The number of hydrogen-bond acceptors (Lipinski definition) is 7. The van der Waals surface area contributed by atoms with Crippen LogP contribution in [0.2, 0.25) is 0 Å². The van der Waals surface area contributed by atoms with Gasteiger partial charge in [-0.15, -0.1) is 0 Å². The van der Waals surface area contributed by atoms with Gasteiger partial charge in [0.2, 0.25) is 5.89 Å². The minimum atomic E-state index is 0.276. The van der Waals surface area contributed by atoms with E-state index in [4.69, 9.17) is 4.52 Å². The maximum atomic E-state index is 5.12. The van der Waals surface area contributed by atoms with E-state index < -0.39 is 0 Å². The van der Waals surface area contributed by atoms with Gasteiger partial charge in [0.1, 0.15) is 12.1 Å². The van der Waals surface area contributed by atoms with E-state index in [1.54, 1.807) is 4.52 Å². The fraction of sp³-hybridized carbons (Fsp3) is 0.500. The number of aromatic nitrogens is 6. The quantitative estimate of drug-likeness (QED) is 0.709. The summed E-state index contributed by atoms with van der Waals surface area (Å²) in [6, 6.07) is 2.05. The standard InChI is InChI=1S/C14H17N7O/c1-9-6-12(21-14(17-9)15-8-16-21)20-5-3-4-11(7-20)13-18-10(2)22-19-13/h6,8,11H,3-5,7H2,1-2H3. The summed E-state index contributed by atoms with van der Waals surface area (Å²) < 4.78 is 6.91. The lowest BCUT2D eigenvalue weighted by Crippen LogP contribution is -2.36. The Morgan fingerprint density at radius 1 is 1.27 bits per heavy atom. The summed E-state index contributed by atoms with van der Waals surface area (Å²) in [4.78, 5) is 15.3. The fourth-order valence-electron chi connectivity index (χ4n) is 3.01. The largest absolute Gasteiger partial charge is 0.356 e. The molecule has 1 saturated heterocycles. The zero-order valence-corrected chi connectivity index (χ0v) is 12.6. The molecule has 22 heavy (non-hydrogen) atoms. The van der Waals surface area contributed by atoms with Crippen molar-refractivity contribution >= 4 is 11.6 Å². The predicted molar refractivity (Wildman–Crippen MR) is 78.7 cm³/mol. The van der Waals surface area contributed by atoms with Crippen molar-refractivity contribution in [1.29, 1.82) is 0 Å². The number of anilines is 1. The monoisotopic (exact) mass is 299 g/mol. The second-order valence-electron chi connectivity index (χ2n) is 5.68. The van der Waals surface area contributed by atoms with Gasteiger partial charge < -0.3 is 9.42 Å². The molecule has 8 nitrogen and oxygen atoms in total. The molecule has 0 saturated carbocycles. The Balaban J connectivity index is 1.68. The van der Waals surface area contributed by atoms with Crippen molar-refractivity contribution in [2.75, 3.05) is 18.0 Å². The van der Waals surface area contributed by atoms with E-state index in [-0.39, 0.29) is 5.92 Å². The molecule has 0 N–H and O–H groups in total. The van der Waals surface area contributed by atoms with E-state index >= 15 is 0 Å². The van der Waals surface area contributed by atoms with Gasteiger partial charge in [0.15, 0.2) is 5.82 Å². The molecule has 0 bridgehead atoms. The molecular formula is C14H17N7O. The van der Waals surface area contributed by atoms with Gasteiger partial charge in [-0.3, -0.25) is 0 Å². The third-order valence-electron chi connectivity index (χ3n) is 4.01. The normalized spacial score (nSPS) is 19.0. The van der Waals surface area contributed by atoms with Crippen molar-refractivity contribution in [2.45, 2.75) is 32.6 Å². The van der Waals surface area contributed by atoms with Crippen LogP contribution in [0.3, 0.4) is 0 Å². The molecular weight excluding hydrogens is 282 g/mol. The summed E-state index contributed by atoms with van der Waals surface area (Å²) in [5.41, 5.74) is 0.938. The van der Waals surface area contributed by atoms with Crippen LogP contribution in [-0.4, -0.2) is 42.8 Å². The second kappa shape index (κ2) is 5.04. The molecule has 1 fully saturated rings. The van der Waals surface area contributed by atoms with Crippen LogP contribution in [0.25, 0.3) is 5.78 Å². The van der Waals surface area contributed by atoms with E-state index in [1.165, 1.54) is 6.33 Å². The summed E-state index contributed by atoms with van der Waals surface area (Å²) in [5.74, 6) is 3.34. The van der Waals surface area contributed by atoms with Crippen LogP contribution in [0.5, 0.6) is 0 Å². The fourth-order valence-corrected chi connectivity index (χ4v) is 3.01. The third-order valence-corrected chi connectivity index (χ3v) is 4.01. The van der Waals surface area contributed by atoms with Crippen molar-refractivity contribution in [1.82, 2.24) is 29.7 Å². The highest BCUT2D eigenvalue weighted by atomic mass is 16.5. The number of nitrogens with zero attached hydrogens (tertiary/aromatic N) is 7. The van der Waals surface area contributed by atoms with Crippen LogP contribution in [-0.2, 0) is 0 Å². The highest BCUT2D eigenvalue weighted by molar-refractivity contribution is 5.47. The lowest BCUT2D eigenvalue weighted by Gasteiger charge is -2.32. The molecule has 0 spiro atoms. The maximum Gasteiger partial charge on any atom is 0.254 e. The van der Waals surface area contributed by atoms with E-state index in [0.29, 0.717) is 11.7 Å². The van der Waals surface area contributed by atoms with Crippen LogP contribution in [0.4, 0.5) is 5.82 Å². The van der Waals surface area contributed by atoms with Crippen LogP contribution < -0.4 is 4.90 Å². The molecule has 1 unspecified atom stereocenters. The van der Waals surface area contributed by atoms with Gasteiger partial charge in [0.05, 0.1) is 0 Å². The molecule has 8 heteroatoms. The van der Waals surface area contributed by atoms with E-state index in [2.05, 4.69) is 30.1 Å². The van der Waals surface area contributed by atoms with Crippen LogP contribution in [0.15, 0.2) is 16.9 Å². The Morgan fingerprint density at radius 2 is 2.18 bits per heavy atom. The Morgan fingerprint density at radius 3 is 3.00 bits per heavy atom. The summed E-state index contributed by atoms with van der Waals surface area (Å²) in [6.45, 7) is 5.62. The molecule has 3 aromatic heterocycles. The first-order chi connectivity index (χ1) is 10.7. The average Bonchev–Trinajstić information content (AvgIpc) is 3.15. The first-order valence-electron chi connectivity index (χ1n) is 7.43. The predicted octanol–water partition coefficient (Wildman–Crippen LogP) is 1.51. The summed E-state index contributed by atoms with van der Waals surface area (Å²) >= 11 is 0. The van der Waals surface area contributed by atoms with Crippen LogP contribution in [0.1, 0.15) is 36.2 Å². The minimum Gasteiger partial charge on any atom is -0.356 e. The summed E-state index contributed by atoms with van der Waals surface area (Å²) in [6.07, 6.45) is 3.69. The lowest BCUT2D eigenvalue weighted by atomic mass is 9.97. The highest BCUT2D eigenvalue weighted by Gasteiger charge is 2.26. The van der Waals surface area contributed by atoms with Crippen molar-refractivity contribution in [2.24, 2.45) is 0 Å². The van der Waals surface area contributed by atoms with Gasteiger partial charge in [-0.05, 0) is 19.8 Å². The number of piperidine rings is 1. The van der Waals surface area contributed by atoms with Crippen molar-refractivity contribution in [3.63, 3.8) is 0 Å². The highest BCUT2D eigenvalue weighted by Crippen LogP contribution is 2.28. The van der Waals surface area contributed by atoms with E-state index in [1.807, 2.05) is 19.9 Å². The third kappa shape index (κ3) is 2.20. The molecule has 0 aromatic carbocycles. The molecule has 1 aliphatic heterocycles. The number of aryl methyl sites for hydroxylation is 2. The first kappa shape index (κ1) is 13.2. The Kier molecular flexibility index (Phi) is 3.02. The topological polar surface area (TPSA) is 85.2 Å². The molecule has 4 rings (SSSR count). The molecule has 4 heterocycles. The van der Waals surface area contributed by atoms with Gasteiger partial charge in [-0.25, -0.2) is 4.98 Å². The number of rotatable bonds is 2. The van der Waals surface area contributed by atoms with E-state index in [9.17, 15) is 0 Å². The molecule has 3 aromatic rings. The number of fused-ring (bicyclic) bond motifs is 1. The van der Waals surface area contributed by atoms with Gasteiger partial charge in [-0.2, -0.15) is 19.6 Å². The summed E-state index contributed by atoms with van der Waals surface area (Å²) in [7, 11) is 0. The van der Waals surface area contributed by atoms with Crippen molar-refractivity contribution in [3.8, 4) is 0 Å². The maximum absolute atomic E-state index is 5.12. The Labute approximate surface area is 127 Å². The zero-order chi connectivity index (χ0) is 15.1. The van der Waals surface area contributed by atoms with Crippen LogP contribution >= 0.6 is 0 Å². The molecule has 0 radical (unpaired) electrons. The van der Waals surface area contributed by atoms with Gasteiger partial charge in [0, 0.05) is 37.7 Å². The summed E-state index contributed by atoms with van der Waals surface area (Å²) in [5, 5.41) is 8.37. The Hall–Kier alpha value is -2.51. The first-order valence-corrected chi connectivity index (χ1v) is 7.43. The molecule has 114 valence electrons. The molecule has 0 aliphatic carbocycles. The van der Waals surface area contributed by atoms with Crippen molar-refractivity contribution < 1.29 is 4.52 Å². The SMILES string of the molecule is Cc1cc(N2CCCC(c3noc(C)n3)C2)n2ncnc2n1. The van der Waals surface area contributed by atoms with Gasteiger partial charge in [0.25, 0.3) is 5.78 Å². The van der Waals surface area contributed by atoms with Gasteiger partial charge >= 0.3 is 0 Å². The van der Waals surface area contributed by atoms with E-state index in [0.717, 1.165) is 43.3 Å². The second-order valence-corrected chi connectivity index (χ2v) is 5.68. The van der Waals surface area contributed by atoms with Crippen LogP contribution in [0, 0.1) is 13.8 Å². The molecule has 1 atom stereocenters. The lowest BCUT2D eigenvalue weighted by molar-refractivity contribution is 0.376.